The van der Waals surface area contributed by atoms with Crippen molar-refractivity contribution < 1.29 is 24.2 Å². The standard InChI is InChI=1S/C25H28N2O5/c1-16(23(29)30)27-22(28)13-25(11-6-12-25)15-26-24(31)32-14-21-19-9-4-2-7-17(19)18-8-3-5-10-20(18)21/h2-5,7-10,16,21H,6,11-15H2,1H3,(H,26,31)(H,27,28)(H,29,30). The topological polar surface area (TPSA) is 105 Å². The molecule has 2 aromatic rings. The Morgan fingerprint density at radius 2 is 1.66 bits per heavy atom. The number of aliphatic carboxylic acids is 1. The van der Waals surface area contributed by atoms with Crippen LogP contribution in [0.1, 0.15) is 49.7 Å². The van der Waals surface area contributed by atoms with Gasteiger partial charge in [-0.1, -0.05) is 55.0 Å². The molecule has 2 aliphatic carbocycles. The molecule has 0 radical (unpaired) electrons. The largest absolute Gasteiger partial charge is 0.480 e. The summed E-state index contributed by atoms with van der Waals surface area (Å²) in [4.78, 5) is 35.6. The summed E-state index contributed by atoms with van der Waals surface area (Å²) in [5.74, 6) is -1.39. The van der Waals surface area contributed by atoms with Gasteiger partial charge in [0.15, 0.2) is 0 Å². The minimum absolute atomic E-state index is 0.00547. The molecule has 168 valence electrons. The Bertz CT molecular complexity index is 985. The molecule has 4 rings (SSSR count). The highest BCUT2D eigenvalue weighted by Gasteiger charge is 2.40. The number of carbonyl (C=O) groups excluding carboxylic acids is 2. The molecule has 2 aromatic carbocycles. The lowest BCUT2D eigenvalue weighted by atomic mass is 9.66. The SMILES string of the molecule is CC(NC(=O)CC1(CNC(=O)OCC2c3ccccc3-c3ccccc32)CCC1)C(=O)O. The highest BCUT2D eigenvalue weighted by molar-refractivity contribution is 5.83. The van der Waals surface area contributed by atoms with Crippen LogP contribution in [0.3, 0.4) is 0 Å². The number of alkyl carbamates (subject to hydrolysis) is 1. The lowest BCUT2D eigenvalue weighted by Crippen LogP contribution is -2.47. The normalized spacial score (nSPS) is 16.8. The zero-order valence-electron chi connectivity index (χ0n) is 18.1. The molecular formula is C25H28N2O5. The number of ether oxygens (including phenoxy) is 1. The maximum atomic E-state index is 12.5. The Labute approximate surface area is 187 Å². The molecule has 0 spiro atoms. The summed E-state index contributed by atoms with van der Waals surface area (Å²) in [5.41, 5.74) is 4.31. The number of carboxylic acids is 1. The number of carboxylic acid groups (broad SMARTS) is 1. The predicted octanol–water partition coefficient (Wildman–Crippen LogP) is 3.67. The lowest BCUT2D eigenvalue weighted by Gasteiger charge is -2.41. The summed E-state index contributed by atoms with van der Waals surface area (Å²) in [6.07, 6.45) is 2.29. The van der Waals surface area contributed by atoms with Crippen molar-refractivity contribution in [1.82, 2.24) is 10.6 Å². The molecule has 0 aromatic heterocycles. The summed E-state index contributed by atoms with van der Waals surface area (Å²) in [5, 5.41) is 14.3. The molecule has 1 saturated carbocycles. The molecule has 0 saturated heterocycles. The fourth-order valence-electron chi connectivity index (χ4n) is 4.70. The summed E-state index contributed by atoms with van der Waals surface area (Å²) in [7, 11) is 0. The van der Waals surface area contributed by atoms with Crippen LogP contribution in [0.15, 0.2) is 48.5 Å². The Morgan fingerprint density at radius 3 is 2.19 bits per heavy atom. The van der Waals surface area contributed by atoms with Crippen molar-refractivity contribution in [3.63, 3.8) is 0 Å². The molecule has 7 heteroatoms. The van der Waals surface area contributed by atoms with Crippen LogP contribution in [0.2, 0.25) is 0 Å². The third-order valence-electron chi connectivity index (χ3n) is 6.65. The average Bonchev–Trinajstić information content (AvgIpc) is 3.07. The molecule has 3 N–H and O–H groups in total. The first kappa shape index (κ1) is 21.9. The molecule has 1 atom stereocenters. The van der Waals surface area contributed by atoms with Gasteiger partial charge < -0.3 is 20.5 Å². The van der Waals surface area contributed by atoms with Gasteiger partial charge in [0, 0.05) is 18.9 Å². The van der Waals surface area contributed by atoms with Gasteiger partial charge in [0.2, 0.25) is 5.91 Å². The van der Waals surface area contributed by atoms with Crippen molar-refractivity contribution in [3.05, 3.63) is 59.7 Å². The average molecular weight is 437 g/mol. The monoisotopic (exact) mass is 436 g/mol. The molecule has 32 heavy (non-hydrogen) atoms. The highest BCUT2D eigenvalue weighted by atomic mass is 16.5. The van der Waals surface area contributed by atoms with E-state index in [2.05, 4.69) is 34.9 Å². The van der Waals surface area contributed by atoms with Crippen LogP contribution in [0.4, 0.5) is 4.79 Å². The Hall–Kier alpha value is -3.35. The molecule has 0 heterocycles. The summed E-state index contributed by atoms with van der Waals surface area (Å²) >= 11 is 0. The number of hydrogen-bond donors (Lipinski definition) is 3. The van der Waals surface area contributed by atoms with Crippen LogP contribution < -0.4 is 10.6 Å². The molecule has 0 aliphatic heterocycles. The van der Waals surface area contributed by atoms with Crippen molar-refractivity contribution in [2.75, 3.05) is 13.2 Å². The molecule has 1 fully saturated rings. The fourth-order valence-corrected chi connectivity index (χ4v) is 4.70. The molecular weight excluding hydrogens is 408 g/mol. The van der Waals surface area contributed by atoms with Crippen LogP contribution in [-0.2, 0) is 14.3 Å². The van der Waals surface area contributed by atoms with Gasteiger partial charge in [0.05, 0.1) is 0 Å². The van der Waals surface area contributed by atoms with E-state index in [1.165, 1.54) is 18.1 Å². The van der Waals surface area contributed by atoms with E-state index in [-0.39, 0.29) is 30.3 Å². The van der Waals surface area contributed by atoms with Crippen LogP contribution in [0.25, 0.3) is 11.1 Å². The van der Waals surface area contributed by atoms with Crippen molar-refractivity contribution in [2.45, 2.75) is 44.6 Å². The van der Waals surface area contributed by atoms with Crippen LogP contribution >= 0.6 is 0 Å². The van der Waals surface area contributed by atoms with Gasteiger partial charge in [-0.25, -0.2) is 4.79 Å². The minimum atomic E-state index is -1.07. The first-order chi connectivity index (χ1) is 15.4. The van der Waals surface area contributed by atoms with Gasteiger partial charge >= 0.3 is 12.1 Å². The van der Waals surface area contributed by atoms with E-state index in [1.54, 1.807) is 0 Å². The van der Waals surface area contributed by atoms with Gasteiger partial charge in [-0.05, 0) is 47.4 Å². The van der Waals surface area contributed by atoms with E-state index >= 15 is 0 Å². The number of benzene rings is 2. The maximum absolute atomic E-state index is 12.5. The second-order valence-corrected chi connectivity index (χ2v) is 8.84. The molecule has 7 nitrogen and oxygen atoms in total. The van der Waals surface area contributed by atoms with Gasteiger partial charge in [-0.2, -0.15) is 0 Å². The maximum Gasteiger partial charge on any atom is 0.407 e. The third-order valence-corrected chi connectivity index (χ3v) is 6.65. The first-order valence-corrected chi connectivity index (χ1v) is 11.0. The summed E-state index contributed by atoms with van der Waals surface area (Å²) in [6.45, 7) is 2.00. The Balaban J connectivity index is 1.32. The number of carbonyl (C=O) groups is 3. The highest BCUT2D eigenvalue weighted by Crippen LogP contribution is 2.45. The Kier molecular flexibility index (Phi) is 6.17. The summed E-state index contributed by atoms with van der Waals surface area (Å²) < 4.78 is 5.58. The van der Waals surface area contributed by atoms with Gasteiger partial charge in [-0.3, -0.25) is 9.59 Å². The van der Waals surface area contributed by atoms with E-state index in [9.17, 15) is 14.4 Å². The molecule has 2 aliphatic rings. The predicted molar refractivity (Wildman–Crippen MR) is 119 cm³/mol. The van der Waals surface area contributed by atoms with E-state index in [0.717, 1.165) is 30.4 Å². The van der Waals surface area contributed by atoms with E-state index in [1.807, 2.05) is 24.3 Å². The number of fused-ring (bicyclic) bond motifs is 3. The molecule has 0 bridgehead atoms. The second-order valence-electron chi connectivity index (χ2n) is 8.84. The first-order valence-electron chi connectivity index (χ1n) is 11.0. The smallest absolute Gasteiger partial charge is 0.407 e. The van der Waals surface area contributed by atoms with E-state index < -0.39 is 18.1 Å². The fraction of sp³-hybridized carbons (Fsp3) is 0.400. The number of hydrogen-bond acceptors (Lipinski definition) is 4. The third kappa shape index (κ3) is 4.47. The van der Waals surface area contributed by atoms with Crippen LogP contribution in [0.5, 0.6) is 0 Å². The second kappa shape index (κ2) is 9.02. The van der Waals surface area contributed by atoms with E-state index in [4.69, 9.17) is 9.84 Å². The van der Waals surface area contributed by atoms with Crippen molar-refractivity contribution in [2.24, 2.45) is 5.41 Å². The van der Waals surface area contributed by atoms with Gasteiger partial charge in [-0.15, -0.1) is 0 Å². The van der Waals surface area contributed by atoms with Crippen LogP contribution in [0, 0.1) is 5.41 Å². The zero-order valence-corrected chi connectivity index (χ0v) is 18.1. The Morgan fingerprint density at radius 1 is 1.06 bits per heavy atom. The van der Waals surface area contributed by atoms with Crippen molar-refractivity contribution in [3.8, 4) is 11.1 Å². The van der Waals surface area contributed by atoms with Crippen molar-refractivity contribution in [1.29, 1.82) is 0 Å². The molecule has 2 amide bonds. The van der Waals surface area contributed by atoms with Crippen molar-refractivity contribution >= 4 is 18.0 Å². The summed E-state index contributed by atoms with van der Waals surface area (Å²) in [6, 6.07) is 15.4. The lowest BCUT2D eigenvalue weighted by molar-refractivity contribution is -0.141. The minimum Gasteiger partial charge on any atom is -0.480 e. The number of rotatable bonds is 8. The number of amides is 2. The quantitative estimate of drug-likeness (QED) is 0.586. The van der Waals surface area contributed by atoms with Gasteiger partial charge in [0.25, 0.3) is 0 Å². The zero-order chi connectivity index (χ0) is 22.7. The number of nitrogens with one attached hydrogen (secondary N) is 2. The van der Waals surface area contributed by atoms with E-state index in [0.29, 0.717) is 6.54 Å². The van der Waals surface area contributed by atoms with Gasteiger partial charge in [0.1, 0.15) is 12.6 Å². The molecule has 1 unspecified atom stereocenters. The van der Waals surface area contributed by atoms with Crippen LogP contribution in [-0.4, -0.2) is 42.3 Å².